The van der Waals surface area contributed by atoms with E-state index >= 15 is 0 Å². The summed E-state index contributed by atoms with van der Waals surface area (Å²) >= 11 is 0. The van der Waals surface area contributed by atoms with E-state index in [1.165, 1.54) is 38.5 Å². The highest BCUT2D eigenvalue weighted by Crippen LogP contribution is 2.29. The van der Waals surface area contributed by atoms with Gasteiger partial charge in [0, 0.05) is 13.2 Å². The summed E-state index contributed by atoms with van der Waals surface area (Å²) in [4.78, 5) is 0. The molecule has 94 valence electrons. The molecule has 0 bridgehead atoms. The summed E-state index contributed by atoms with van der Waals surface area (Å²) in [6.07, 6.45) is 8.03. The fourth-order valence-electron chi connectivity index (χ4n) is 2.94. The van der Waals surface area contributed by atoms with E-state index in [2.05, 4.69) is 0 Å². The molecule has 0 aromatic rings. The minimum absolute atomic E-state index is 0.361. The first-order valence-corrected chi connectivity index (χ1v) is 6.79. The van der Waals surface area contributed by atoms with Crippen LogP contribution < -0.4 is 5.73 Å². The average molecular weight is 227 g/mol. The zero-order valence-corrected chi connectivity index (χ0v) is 10.2. The van der Waals surface area contributed by atoms with Crippen LogP contribution in [0, 0.1) is 11.8 Å². The highest BCUT2D eigenvalue weighted by Gasteiger charge is 2.24. The van der Waals surface area contributed by atoms with E-state index < -0.39 is 0 Å². The van der Waals surface area contributed by atoms with Crippen LogP contribution in [0.1, 0.15) is 38.5 Å². The van der Waals surface area contributed by atoms with Gasteiger partial charge in [0.05, 0.1) is 12.7 Å². The molecule has 2 rings (SSSR count). The summed E-state index contributed by atoms with van der Waals surface area (Å²) in [5.41, 5.74) is 5.81. The largest absolute Gasteiger partial charge is 0.378 e. The first-order chi connectivity index (χ1) is 7.90. The highest BCUT2D eigenvalue weighted by molar-refractivity contribution is 4.76. The molecule has 16 heavy (non-hydrogen) atoms. The predicted molar refractivity (Wildman–Crippen MR) is 64.3 cm³/mol. The third kappa shape index (κ3) is 3.44. The highest BCUT2D eigenvalue weighted by atomic mass is 16.5. The fourth-order valence-corrected chi connectivity index (χ4v) is 2.94. The van der Waals surface area contributed by atoms with Crippen molar-refractivity contribution < 1.29 is 9.47 Å². The van der Waals surface area contributed by atoms with Gasteiger partial charge < -0.3 is 15.2 Å². The summed E-state index contributed by atoms with van der Waals surface area (Å²) in [6.45, 7) is 3.42. The van der Waals surface area contributed by atoms with Crippen molar-refractivity contribution in [1.29, 1.82) is 0 Å². The second kappa shape index (κ2) is 6.58. The molecule has 1 aliphatic carbocycles. The van der Waals surface area contributed by atoms with E-state index in [0.29, 0.717) is 17.9 Å². The van der Waals surface area contributed by atoms with Crippen molar-refractivity contribution in [2.45, 2.75) is 44.6 Å². The van der Waals surface area contributed by atoms with Gasteiger partial charge in [-0.2, -0.15) is 0 Å². The van der Waals surface area contributed by atoms with Gasteiger partial charge in [-0.1, -0.05) is 12.8 Å². The molecule has 0 spiro atoms. The summed E-state index contributed by atoms with van der Waals surface area (Å²) in [6, 6.07) is 0. The van der Waals surface area contributed by atoms with Crippen LogP contribution in [0.3, 0.4) is 0 Å². The lowest BCUT2D eigenvalue weighted by Crippen LogP contribution is -2.30. The van der Waals surface area contributed by atoms with Gasteiger partial charge in [-0.3, -0.25) is 0 Å². The second-order valence-corrected chi connectivity index (χ2v) is 5.21. The molecule has 0 aromatic carbocycles. The molecular weight excluding hydrogens is 202 g/mol. The molecule has 3 atom stereocenters. The van der Waals surface area contributed by atoms with Crippen LogP contribution in [-0.4, -0.2) is 32.5 Å². The van der Waals surface area contributed by atoms with Gasteiger partial charge in [-0.05, 0) is 44.1 Å². The van der Waals surface area contributed by atoms with Gasteiger partial charge in [0.1, 0.15) is 0 Å². The Labute approximate surface area is 98.7 Å². The van der Waals surface area contributed by atoms with Gasteiger partial charge >= 0.3 is 0 Å². The third-order valence-electron chi connectivity index (χ3n) is 4.03. The Hall–Kier alpha value is -0.120. The first kappa shape index (κ1) is 12.3. The summed E-state index contributed by atoms with van der Waals surface area (Å²) in [5.74, 6) is 1.39. The number of ether oxygens (including phenoxy) is 2. The van der Waals surface area contributed by atoms with Crippen molar-refractivity contribution in [2.75, 3.05) is 26.4 Å². The standard InChI is InChI=1S/C13H25NO2/c14-8-11-4-1-2-5-12(11)9-15-10-13-6-3-7-16-13/h11-13H,1-10,14H2. The first-order valence-electron chi connectivity index (χ1n) is 6.79. The molecule has 0 amide bonds. The van der Waals surface area contributed by atoms with Crippen LogP contribution in [-0.2, 0) is 9.47 Å². The number of nitrogens with two attached hydrogens (primary N) is 1. The second-order valence-electron chi connectivity index (χ2n) is 5.21. The minimum Gasteiger partial charge on any atom is -0.378 e. The lowest BCUT2D eigenvalue weighted by atomic mass is 9.80. The topological polar surface area (TPSA) is 44.5 Å². The van der Waals surface area contributed by atoms with Gasteiger partial charge in [0.25, 0.3) is 0 Å². The summed E-state index contributed by atoms with van der Waals surface area (Å²) < 4.78 is 11.4. The molecule has 0 aromatic heterocycles. The molecule has 0 radical (unpaired) electrons. The number of hydrogen-bond donors (Lipinski definition) is 1. The minimum atomic E-state index is 0.361. The Morgan fingerprint density at radius 2 is 1.81 bits per heavy atom. The maximum atomic E-state index is 5.81. The van der Waals surface area contributed by atoms with Gasteiger partial charge in [-0.25, -0.2) is 0 Å². The molecule has 1 saturated heterocycles. The van der Waals surface area contributed by atoms with Crippen LogP contribution in [0.4, 0.5) is 0 Å². The van der Waals surface area contributed by atoms with Crippen molar-refractivity contribution in [1.82, 2.24) is 0 Å². The molecule has 2 fully saturated rings. The zero-order chi connectivity index (χ0) is 11.2. The molecule has 1 heterocycles. The molecule has 3 unspecified atom stereocenters. The van der Waals surface area contributed by atoms with Crippen LogP contribution in [0.15, 0.2) is 0 Å². The van der Waals surface area contributed by atoms with Crippen molar-refractivity contribution in [2.24, 2.45) is 17.6 Å². The monoisotopic (exact) mass is 227 g/mol. The fraction of sp³-hybridized carbons (Fsp3) is 1.00. The van der Waals surface area contributed by atoms with Gasteiger partial charge in [0.15, 0.2) is 0 Å². The van der Waals surface area contributed by atoms with Crippen molar-refractivity contribution in [3.05, 3.63) is 0 Å². The van der Waals surface area contributed by atoms with Gasteiger partial charge in [-0.15, -0.1) is 0 Å². The van der Waals surface area contributed by atoms with Crippen molar-refractivity contribution in [3.8, 4) is 0 Å². The molecular formula is C13H25NO2. The van der Waals surface area contributed by atoms with E-state index in [1.807, 2.05) is 0 Å². The Balaban J connectivity index is 1.63. The number of hydrogen-bond acceptors (Lipinski definition) is 3. The SMILES string of the molecule is NCC1CCCCC1COCC1CCCO1. The maximum Gasteiger partial charge on any atom is 0.0809 e. The van der Waals surface area contributed by atoms with Gasteiger partial charge in [0.2, 0.25) is 0 Å². The van der Waals surface area contributed by atoms with Crippen LogP contribution in [0.25, 0.3) is 0 Å². The van der Waals surface area contributed by atoms with Crippen LogP contribution in [0.5, 0.6) is 0 Å². The van der Waals surface area contributed by atoms with E-state index in [0.717, 1.165) is 26.4 Å². The smallest absolute Gasteiger partial charge is 0.0809 e. The van der Waals surface area contributed by atoms with Crippen molar-refractivity contribution >= 4 is 0 Å². The normalized spacial score (nSPS) is 35.4. The maximum absolute atomic E-state index is 5.81. The Bertz CT molecular complexity index is 192. The van der Waals surface area contributed by atoms with E-state index in [-0.39, 0.29) is 0 Å². The van der Waals surface area contributed by atoms with E-state index in [4.69, 9.17) is 15.2 Å². The Morgan fingerprint density at radius 3 is 2.50 bits per heavy atom. The number of rotatable bonds is 5. The quantitative estimate of drug-likeness (QED) is 0.780. The summed E-state index contributed by atoms with van der Waals surface area (Å²) in [5, 5.41) is 0. The summed E-state index contributed by atoms with van der Waals surface area (Å²) in [7, 11) is 0. The predicted octanol–water partition coefficient (Wildman–Crippen LogP) is 1.95. The molecule has 2 N–H and O–H groups in total. The molecule has 2 aliphatic rings. The molecule has 3 nitrogen and oxygen atoms in total. The van der Waals surface area contributed by atoms with Crippen LogP contribution in [0.2, 0.25) is 0 Å². The lowest BCUT2D eigenvalue weighted by Gasteiger charge is -2.30. The van der Waals surface area contributed by atoms with E-state index in [1.54, 1.807) is 0 Å². The van der Waals surface area contributed by atoms with E-state index in [9.17, 15) is 0 Å². The van der Waals surface area contributed by atoms with Crippen LogP contribution >= 0.6 is 0 Å². The zero-order valence-electron chi connectivity index (χ0n) is 10.2. The third-order valence-corrected chi connectivity index (χ3v) is 4.03. The molecule has 1 saturated carbocycles. The Kier molecular flexibility index (Phi) is 5.07. The van der Waals surface area contributed by atoms with Crippen molar-refractivity contribution in [3.63, 3.8) is 0 Å². The molecule has 1 aliphatic heterocycles. The average Bonchev–Trinajstić information content (AvgIpc) is 2.83. The molecule has 3 heteroatoms. The lowest BCUT2D eigenvalue weighted by molar-refractivity contribution is -0.00738. The Morgan fingerprint density at radius 1 is 1.00 bits per heavy atom.